The number of amides is 1. The number of rotatable bonds is 8. The zero-order chi connectivity index (χ0) is 25.1. The largest absolute Gasteiger partial charge is 0.495 e. The van der Waals surface area contributed by atoms with Crippen molar-refractivity contribution in [3.8, 4) is 11.6 Å². The molecule has 1 unspecified atom stereocenters. The van der Waals surface area contributed by atoms with Crippen molar-refractivity contribution >= 4 is 45.2 Å². The summed E-state index contributed by atoms with van der Waals surface area (Å²) >= 11 is 6.16. The van der Waals surface area contributed by atoms with E-state index >= 15 is 0 Å². The Balaban J connectivity index is 1.24. The molecule has 4 aromatic heterocycles. The number of carbonyl (C=O) groups excluding carboxylic acids is 1. The van der Waals surface area contributed by atoms with Gasteiger partial charge in [0.25, 0.3) is 5.91 Å². The van der Waals surface area contributed by atoms with Crippen molar-refractivity contribution in [2.45, 2.75) is 35.8 Å². The highest BCUT2D eigenvalue weighted by Gasteiger charge is 2.45. The third kappa shape index (κ3) is 5.32. The lowest BCUT2D eigenvalue weighted by molar-refractivity contribution is 0.101. The van der Waals surface area contributed by atoms with Crippen LogP contribution in [0, 0.1) is 0 Å². The van der Waals surface area contributed by atoms with Gasteiger partial charge in [-0.1, -0.05) is 0 Å². The maximum absolute atomic E-state index is 13.0. The van der Waals surface area contributed by atoms with E-state index < -0.39 is 5.04 Å². The first-order chi connectivity index (χ1) is 17.4. The van der Waals surface area contributed by atoms with Crippen LogP contribution in [-0.2, 0) is 11.6 Å². The summed E-state index contributed by atoms with van der Waals surface area (Å²) < 4.78 is 13.2. The van der Waals surface area contributed by atoms with Gasteiger partial charge in [0.15, 0.2) is 5.13 Å². The molecule has 3 atom stereocenters. The molecule has 5 rings (SSSR count). The van der Waals surface area contributed by atoms with E-state index in [1.807, 2.05) is 40.4 Å². The second kappa shape index (κ2) is 10.5. The van der Waals surface area contributed by atoms with Crippen molar-refractivity contribution in [3.05, 3.63) is 83.5 Å². The zero-order valence-corrected chi connectivity index (χ0v) is 22.2. The van der Waals surface area contributed by atoms with Crippen molar-refractivity contribution in [1.82, 2.24) is 19.5 Å². The van der Waals surface area contributed by atoms with Gasteiger partial charge < -0.3 is 14.0 Å². The average molecular weight is 535 g/mol. The highest BCUT2D eigenvalue weighted by molar-refractivity contribution is 7.81. The number of pyridine rings is 2. The molecule has 8 nitrogen and oxygen atoms in total. The Kier molecular flexibility index (Phi) is 7.12. The predicted octanol–water partition coefficient (Wildman–Crippen LogP) is 3.95. The number of methoxy groups -OCH3 is 1. The van der Waals surface area contributed by atoms with Crippen molar-refractivity contribution in [2.24, 2.45) is 0 Å². The summed E-state index contributed by atoms with van der Waals surface area (Å²) in [6.45, 7) is 0.583. The molecule has 1 N–H and O–H groups in total. The Bertz CT molecular complexity index is 1330. The molecule has 0 saturated heterocycles. The summed E-state index contributed by atoms with van der Waals surface area (Å²) in [5.41, 5.74) is 2.48. The Morgan fingerprint density at radius 3 is 2.86 bits per heavy atom. The predicted molar refractivity (Wildman–Crippen MR) is 142 cm³/mol. The molecule has 1 aliphatic carbocycles. The molecule has 36 heavy (non-hydrogen) atoms. The summed E-state index contributed by atoms with van der Waals surface area (Å²) in [5, 5.41) is 5.03. The number of ether oxygens (including phenoxy) is 2. The Morgan fingerprint density at radius 1 is 1.28 bits per heavy atom. The summed E-state index contributed by atoms with van der Waals surface area (Å²) in [6, 6.07) is 11.1. The van der Waals surface area contributed by atoms with Gasteiger partial charge in [0.2, 0.25) is 5.88 Å². The minimum absolute atomic E-state index is 0.0115. The number of thiazole rings is 1. The lowest BCUT2D eigenvalue weighted by Gasteiger charge is -2.21. The number of nitrogens with zero attached hydrogens (tertiary/aromatic N) is 4. The van der Waals surface area contributed by atoms with Crippen molar-refractivity contribution in [3.63, 3.8) is 0 Å². The molecule has 0 aromatic carbocycles. The standard InChI is InChI=1S/C25H24N5O3S2Si/c1-32-17-4-5-22(27-13-17)33-19-11-25(36,12-20(19)34)21-15-35-24(28-21)29-23(31)18-3-2-10-30(18)14-16-6-8-26-9-7-16/h2-10,13,15,19-20,34H,11-12,14H2,1H3,(H,28,29,31)/t19-,20?,25-/m1/s1. The fourth-order valence-electron chi connectivity index (χ4n) is 4.25. The van der Waals surface area contributed by atoms with Crippen LogP contribution in [0.25, 0.3) is 0 Å². The lowest BCUT2D eigenvalue weighted by atomic mass is 10.0. The van der Waals surface area contributed by atoms with Gasteiger partial charge in [-0.15, -0.1) is 11.3 Å². The molecule has 1 amide bonds. The van der Waals surface area contributed by atoms with Gasteiger partial charge in [0, 0.05) is 57.1 Å². The smallest absolute Gasteiger partial charge is 0.274 e. The molecule has 0 bridgehead atoms. The second-order valence-electron chi connectivity index (χ2n) is 8.62. The van der Waals surface area contributed by atoms with E-state index in [1.165, 1.54) is 11.3 Å². The quantitative estimate of drug-likeness (QED) is 0.263. The molecular formula is C25H24N5O3S2Si. The molecule has 4 heterocycles. The normalized spacial score (nSPS) is 21.3. The van der Waals surface area contributed by atoms with E-state index in [4.69, 9.17) is 27.1 Å². The number of nitrogens with one attached hydrogen (secondary N) is 1. The average Bonchev–Trinajstić information content (AvgIpc) is 3.60. The molecule has 183 valence electrons. The van der Waals surface area contributed by atoms with Crippen LogP contribution in [0.4, 0.5) is 5.13 Å². The van der Waals surface area contributed by atoms with Crippen LogP contribution < -0.4 is 14.8 Å². The first-order valence-corrected chi connectivity index (χ1v) is 13.2. The molecule has 1 saturated carbocycles. The van der Waals surface area contributed by atoms with E-state index in [0.717, 1.165) is 17.7 Å². The Morgan fingerprint density at radius 2 is 2.11 bits per heavy atom. The Labute approximate surface area is 221 Å². The summed E-state index contributed by atoms with van der Waals surface area (Å²) in [4.78, 5) is 26.1. The zero-order valence-electron chi connectivity index (χ0n) is 19.5. The molecule has 0 aliphatic heterocycles. The van der Waals surface area contributed by atoms with Gasteiger partial charge in [-0.05, 0) is 48.7 Å². The minimum atomic E-state index is -0.412. The summed E-state index contributed by atoms with van der Waals surface area (Å²) in [7, 11) is 5.55. The van der Waals surface area contributed by atoms with E-state index in [1.54, 1.807) is 37.8 Å². The van der Waals surface area contributed by atoms with Crippen LogP contribution in [0.2, 0.25) is 0 Å². The van der Waals surface area contributed by atoms with Crippen molar-refractivity contribution in [2.75, 3.05) is 12.4 Å². The van der Waals surface area contributed by atoms with E-state index in [-0.39, 0.29) is 17.3 Å². The van der Waals surface area contributed by atoms with Gasteiger partial charge in [-0.3, -0.25) is 15.1 Å². The molecule has 1 fully saturated rings. The van der Waals surface area contributed by atoms with Gasteiger partial charge >= 0.3 is 0 Å². The van der Waals surface area contributed by atoms with E-state index in [9.17, 15) is 4.79 Å². The topological polar surface area (TPSA) is 91.2 Å². The molecule has 3 radical (unpaired) electrons. The van der Waals surface area contributed by atoms with Gasteiger partial charge in [-0.25, -0.2) is 9.97 Å². The number of anilines is 1. The van der Waals surface area contributed by atoms with Crippen LogP contribution in [0.15, 0.2) is 66.6 Å². The van der Waals surface area contributed by atoms with Crippen molar-refractivity contribution < 1.29 is 14.3 Å². The van der Waals surface area contributed by atoms with Gasteiger partial charge in [0.05, 0.1) is 19.0 Å². The van der Waals surface area contributed by atoms with Gasteiger partial charge in [0.1, 0.15) is 17.5 Å². The monoisotopic (exact) mass is 534 g/mol. The van der Waals surface area contributed by atoms with E-state index in [2.05, 4.69) is 25.5 Å². The molecular weight excluding hydrogens is 511 g/mol. The summed E-state index contributed by atoms with van der Waals surface area (Å²) in [5.74, 6) is 0.993. The number of hydrogen-bond donors (Lipinski definition) is 2. The molecule has 11 heteroatoms. The maximum Gasteiger partial charge on any atom is 0.274 e. The summed E-state index contributed by atoms with van der Waals surface area (Å²) in [6.07, 6.45) is 8.24. The molecule has 1 aliphatic rings. The Hall–Kier alpha value is -3.15. The minimum Gasteiger partial charge on any atom is -0.495 e. The SMILES string of the molecule is COc1ccc(O[C@@H]2C[C@]([Si])(c3csc(NC(=O)c4cccn4Cc4ccncc4)n3)CC2S)nc1. The van der Waals surface area contributed by atoms with Crippen LogP contribution in [0.1, 0.15) is 34.6 Å². The van der Waals surface area contributed by atoms with Crippen LogP contribution >= 0.6 is 24.0 Å². The third-order valence-electron chi connectivity index (χ3n) is 6.13. The fourth-order valence-corrected chi connectivity index (χ4v) is 6.36. The maximum atomic E-state index is 13.0. The van der Waals surface area contributed by atoms with Crippen molar-refractivity contribution in [1.29, 1.82) is 0 Å². The van der Waals surface area contributed by atoms with Crippen LogP contribution in [0.5, 0.6) is 11.6 Å². The van der Waals surface area contributed by atoms with Crippen LogP contribution in [0.3, 0.4) is 0 Å². The highest BCUT2D eigenvalue weighted by Crippen LogP contribution is 2.43. The number of aromatic nitrogens is 4. The third-order valence-corrected chi connectivity index (χ3v) is 8.07. The number of carbonyl (C=O) groups is 1. The number of hydrogen-bond acceptors (Lipinski definition) is 8. The lowest BCUT2D eigenvalue weighted by Crippen LogP contribution is -2.26. The fraction of sp³-hybridized carbons (Fsp3) is 0.280. The first-order valence-electron chi connectivity index (χ1n) is 11.3. The highest BCUT2D eigenvalue weighted by atomic mass is 32.1. The number of thiol groups is 1. The molecule has 4 aromatic rings. The van der Waals surface area contributed by atoms with E-state index in [0.29, 0.717) is 35.4 Å². The molecule has 0 spiro atoms. The van der Waals surface area contributed by atoms with Crippen LogP contribution in [-0.4, -0.2) is 54.1 Å². The first kappa shape index (κ1) is 24.5. The van der Waals surface area contributed by atoms with Gasteiger partial charge in [-0.2, -0.15) is 12.6 Å². The second-order valence-corrected chi connectivity index (χ2v) is 11.1.